The highest BCUT2D eigenvalue weighted by molar-refractivity contribution is 8.13. The fourth-order valence-corrected chi connectivity index (χ4v) is 4.30. The largest absolute Gasteiger partial charge is 0.298 e. The molecule has 2 aromatic carbocycles. The van der Waals surface area contributed by atoms with Crippen LogP contribution in [0.3, 0.4) is 0 Å². The van der Waals surface area contributed by atoms with Crippen LogP contribution in [0.25, 0.3) is 5.70 Å². The molecule has 3 heterocycles. The van der Waals surface area contributed by atoms with E-state index in [1.165, 1.54) is 11.8 Å². The van der Waals surface area contributed by atoms with Gasteiger partial charge in [-0.15, -0.1) is 5.10 Å². The number of aromatic nitrogens is 1. The van der Waals surface area contributed by atoms with E-state index in [4.69, 9.17) is 21.7 Å². The van der Waals surface area contributed by atoms with Gasteiger partial charge in [0.05, 0.1) is 5.36 Å². The Morgan fingerprint density at radius 3 is 2.70 bits per heavy atom. The van der Waals surface area contributed by atoms with Gasteiger partial charge in [0, 0.05) is 34.0 Å². The number of hydrazone groups is 1. The van der Waals surface area contributed by atoms with Gasteiger partial charge in [0.25, 0.3) is 5.91 Å². The van der Waals surface area contributed by atoms with Crippen molar-refractivity contribution >= 4 is 40.1 Å². The third-order valence-electron chi connectivity index (χ3n) is 4.79. The minimum Gasteiger partial charge on any atom is -0.298 e. The molecule has 1 N–H and O–H groups in total. The Balaban J connectivity index is 1.54. The van der Waals surface area contributed by atoms with Gasteiger partial charge in [0.2, 0.25) is 0 Å². The van der Waals surface area contributed by atoms with Crippen LogP contribution in [0.5, 0.6) is 0 Å². The summed E-state index contributed by atoms with van der Waals surface area (Å²) >= 11 is 7.42. The fraction of sp³-hybridized carbons (Fsp3) is 0.0909. The summed E-state index contributed by atoms with van der Waals surface area (Å²) in [7, 11) is 0. The highest BCUT2D eigenvalue weighted by Gasteiger charge is 2.34. The lowest BCUT2D eigenvalue weighted by Gasteiger charge is -2.33. The first-order chi connectivity index (χ1) is 14.7. The fourth-order valence-electron chi connectivity index (χ4n) is 3.37. The second-order valence-electron chi connectivity index (χ2n) is 6.77. The highest BCUT2D eigenvalue weighted by Crippen LogP contribution is 2.30. The Labute approximate surface area is 182 Å². The van der Waals surface area contributed by atoms with E-state index < -0.39 is 6.17 Å². The van der Waals surface area contributed by atoms with Crippen LogP contribution in [0.2, 0.25) is 5.02 Å². The van der Waals surface area contributed by atoms with Crippen LogP contribution in [0.4, 0.5) is 0 Å². The maximum absolute atomic E-state index is 13.1. The van der Waals surface area contributed by atoms with Crippen LogP contribution in [0.1, 0.15) is 17.3 Å². The van der Waals surface area contributed by atoms with E-state index in [1.54, 1.807) is 17.4 Å². The van der Waals surface area contributed by atoms with Crippen molar-refractivity contribution in [3.63, 3.8) is 0 Å². The van der Waals surface area contributed by atoms with Gasteiger partial charge in [-0.1, -0.05) is 59.8 Å². The summed E-state index contributed by atoms with van der Waals surface area (Å²) < 4.78 is 0. The Morgan fingerprint density at radius 1 is 1.07 bits per heavy atom. The van der Waals surface area contributed by atoms with Crippen LogP contribution in [-0.4, -0.2) is 21.1 Å². The number of rotatable bonds is 3. The summed E-state index contributed by atoms with van der Waals surface area (Å²) in [5.41, 5.74) is 2.45. The molecule has 30 heavy (non-hydrogen) atoms. The van der Waals surface area contributed by atoms with Crippen molar-refractivity contribution in [1.82, 2.24) is 15.3 Å². The zero-order valence-electron chi connectivity index (χ0n) is 15.7. The zero-order valence-corrected chi connectivity index (χ0v) is 17.3. The molecule has 0 spiro atoms. The van der Waals surface area contributed by atoms with Crippen molar-refractivity contribution in [3.05, 3.63) is 99.8 Å². The SMILES string of the molecule is O=C1NC(SCc2ccc(Cl)cc2)=NN2C1=c1ccccc1=NC2c1cccnc1. The van der Waals surface area contributed by atoms with E-state index >= 15 is 0 Å². The number of amidine groups is 1. The van der Waals surface area contributed by atoms with Gasteiger partial charge in [-0.25, -0.2) is 5.01 Å². The number of hydrogen-bond donors (Lipinski definition) is 1. The predicted molar refractivity (Wildman–Crippen MR) is 118 cm³/mol. The van der Waals surface area contributed by atoms with Gasteiger partial charge >= 0.3 is 0 Å². The van der Waals surface area contributed by atoms with Crippen molar-refractivity contribution < 1.29 is 4.79 Å². The molecule has 6 nitrogen and oxygen atoms in total. The second-order valence-corrected chi connectivity index (χ2v) is 8.17. The molecule has 0 bridgehead atoms. The standard InChI is InChI=1S/C22H16ClN5OS/c23-16-9-7-14(8-10-16)13-30-22-26-21(29)19-17-5-1-2-6-18(17)25-20(28(19)27-22)15-4-3-11-24-12-15/h1-12,20H,13H2,(H,26,27,29). The van der Waals surface area contributed by atoms with E-state index in [0.29, 0.717) is 21.6 Å². The monoisotopic (exact) mass is 433 g/mol. The van der Waals surface area contributed by atoms with E-state index in [0.717, 1.165) is 21.7 Å². The summed E-state index contributed by atoms with van der Waals surface area (Å²) in [6.07, 6.45) is 3.01. The van der Waals surface area contributed by atoms with E-state index in [9.17, 15) is 4.79 Å². The third-order valence-corrected chi connectivity index (χ3v) is 5.97. The number of carbonyl (C=O) groups excluding carboxylic acids is 1. The van der Waals surface area contributed by atoms with Crippen LogP contribution < -0.4 is 15.9 Å². The summed E-state index contributed by atoms with van der Waals surface area (Å²) in [4.78, 5) is 22.1. The van der Waals surface area contributed by atoms with Gasteiger partial charge in [0.1, 0.15) is 5.70 Å². The molecule has 8 heteroatoms. The predicted octanol–water partition coefficient (Wildman–Crippen LogP) is 2.81. The van der Waals surface area contributed by atoms with Crippen LogP contribution in [-0.2, 0) is 10.5 Å². The maximum atomic E-state index is 13.1. The number of thioether (sulfide) groups is 1. The molecule has 5 rings (SSSR count). The third kappa shape index (κ3) is 3.58. The quantitative estimate of drug-likeness (QED) is 0.689. The zero-order chi connectivity index (χ0) is 20.5. The molecule has 0 radical (unpaired) electrons. The van der Waals surface area contributed by atoms with E-state index in [2.05, 4.69) is 10.3 Å². The number of amides is 1. The Kier molecular flexibility index (Phi) is 4.98. The van der Waals surface area contributed by atoms with Gasteiger partial charge in [-0.05, 0) is 29.8 Å². The molecule has 0 saturated heterocycles. The summed E-state index contributed by atoms with van der Waals surface area (Å²) in [6.45, 7) is 0. The summed E-state index contributed by atoms with van der Waals surface area (Å²) in [5.74, 6) is 0.463. The molecular formula is C22H16ClN5OS. The molecular weight excluding hydrogens is 418 g/mol. The Hall–Kier alpha value is -3.16. The average molecular weight is 434 g/mol. The molecule has 1 unspecified atom stereocenters. The van der Waals surface area contributed by atoms with E-state index in [-0.39, 0.29) is 5.91 Å². The number of benzene rings is 2. The van der Waals surface area contributed by atoms with E-state index in [1.807, 2.05) is 60.7 Å². The number of carbonyl (C=O) groups is 1. The molecule has 0 fully saturated rings. The van der Waals surface area contributed by atoms with Gasteiger partial charge in [-0.2, -0.15) is 0 Å². The molecule has 0 saturated carbocycles. The van der Waals surface area contributed by atoms with Crippen molar-refractivity contribution in [2.45, 2.75) is 11.9 Å². The molecule has 1 amide bonds. The van der Waals surface area contributed by atoms with Crippen molar-refractivity contribution in [3.8, 4) is 0 Å². The first-order valence-corrected chi connectivity index (χ1v) is 10.7. The number of nitrogens with zero attached hydrogens (tertiary/aromatic N) is 4. The van der Waals surface area contributed by atoms with Crippen LogP contribution >= 0.6 is 23.4 Å². The lowest BCUT2D eigenvalue weighted by Crippen LogP contribution is -2.50. The lowest BCUT2D eigenvalue weighted by molar-refractivity contribution is -0.116. The molecule has 2 aliphatic heterocycles. The molecule has 1 aromatic heterocycles. The first-order valence-electron chi connectivity index (χ1n) is 9.32. The minimum atomic E-state index is -0.458. The molecule has 0 aliphatic carbocycles. The number of para-hydroxylation sites is 1. The average Bonchev–Trinajstić information content (AvgIpc) is 2.78. The first kappa shape index (κ1) is 18.8. The molecule has 3 aromatic rings. The van der Waals surface area contributed by atoms with Gasteiger partial charge in [-0.3, -0.25) is 20.1 Å². The number of nitrogens with one attached hydrogen (secondary N) is 1. The smallest absolute Gasteiger partial charge is 0.276 e. The van der Waals surface area contributed by atoms with Gasteiger partial charge in [0.15, 0.2) is 11.3 Å². The maximum Gasteiger partial charge on any atom is 0.276 e. The summed E-state index contributed by atoms with van der Waals surface area (Å²) in [6, 6.07) is 19.0. The van der Waals surface area contributed by atoms with Crippen LogP contribution in [0.15, 0.2) is 83.2 Å². The second kappa shape index (κ2) is 7.93. The number of fused-ring (bicyclic) bond motifs is 2. The topological polar surface area (TPSA) is 70.0 Å². The summed E-state index contributed by atoms with van der Waals surface area (Å²) in [5, 5.41) is 12.1. The number of halogens is 1. The van der Waals surface area contributed by atoms with Gasteiger partial charge < -0.3 is 0 Å². The normalized spacial score (nSPS) is 17.4. The van der Waals surface area contributed by atoms with Crippen molar-refractivity contribution in [1.29, 1.82) is 0 Å². The Morgan fingerprint density at radius 2 is 1.90 bits per heavy atom. The minimum absolute atomic E-state index is 0.195. The number of hydrogen-bond acceptors (Lipinski definition) is 6. The molecule has 148 valence electrons. The lowest BCUT2D eigenvalue weighted by atomic mass is 10.1. The molecule has 2 aliphatic rings. The highest BCUT2D eigenvalue weighted by atomic mass is 35.5. The van der Waals surface area contributed by atoms with Crippen molar-refractivity contribution in [2.75, 3.05) is 0 Å². The number of pyridine rings is 1. The van der Waals surface area contributed by atoms with Crippen LogP contribution in [0, 0.1) is 0 Å². The van der Waals surface area contributed by atoms with Crippen molar-refractivity contribution in [2.24, 2.45) is 10.1 Å². The molecule has 1 atom stereocenters. The Bertz CT molecular complexity index is 1260.